The van der Waals surface area contributed by atoms with Gasteiger partial charge in [-0.05, 0) is 42.2 Å². The standard InChI is InChI=1S/C30H26N4OS3/c1-18-12-14-21(15-13-18)32-24(35)17-36-30-33-28(31)25-22-16-23(19-8-4-2-5-9-19)37-26(20-10-6-3-7-11-20)27(22)38-29(25)34-30/h2-15,23,26H,16-17H2,1H3,(H,32,35)(H2,31,33,34)/t23-,26-/m1/s1. The molecule has 3 N–H and O–H groups in total. The first kappa shape index (κ1) is 25.0. The van der Waals surface area contributed by atoms with Crippen molar-refractivity contribution in [2.24, 2.45) is 0 Å². The number of benzene rings is 3. The second-order valence-electron chi connectivity index (χ2n) is 9.25. The highest BCUT2D eigenvalue weighted by Crippen LogP contribution is 2.55. The summed E-state index contributed by atoms with van der Waals surface area (Å²) >= 11 is 4.99. The molecular weight excluding hydrogens is 529 g/mol. The van der Waals surface area contributed by atoms with E-state index in [9.17, 15) is 4.79 Å². The molecule has 1 aliphatic heterocycles. The number of fused-ring (bicyclic) bond motifs is 3. The maximum atomic E-state index is 12.5. The highest BCUT2D eigenvalue weighted by atomic mass is 32.2. The van der Waals surface area contributed by atoms with Crippen LogP contribution in [0, 0.1) is 6.92 Å². The van der Waals surface area contributed by atoms with E-state index in [2.05, 4.69) is 71.0 Å². The fourth-order valence-corrected chi connectivity index (χ4v) is 8.43. The van der Waals surface area contributed by atoms with E-state index in [4.69, 9.17) is 10.7 Å². The van der Waals surface area contributed by atoms with Crippen LogP contribution < -0.4 is 11.1 Å². The van der Waals surface area contributed by atoms with Crippen LogP contribution in [0.2, 0.25) is 0 Å². The lowest BCUT2D eigenvalue weighted by molar-refractivity contribution is -0.113. The lowest BCUT2D eigenvalue weighted by atomic mass is 9.98. The molecule has 0 fully saturated rings. The molecule has 3 heterocycles. The number of thioether (sulfide) groups is 2. The molecule has 5 nitrogen and oxygen atoms in total. The fraction of sp³-hybridized carbons (Fsp3) is 0.167. The van der Waals surface area contributed by atoms with E-state index in [1.54, 1.807) is 11.3 Å². The Morgan fingerprint density at radius 1 is 0.974 bits per heavy atom. The zero-order chi connectivity index (χ0) is 26.1. The van der Waals surface area contributed by atoms with Crippen molar-refractivity contribution in [3.8, 4) is 0 Å². The number of nitrogens with one attached hydrogen (secondary N) is 1. The summed E-state index contributed by atoms with van der Waals surface area (Å²) in [5.41, 5.74) is 12.3. The average Bonchev–Trinajstić information content (AvgIpc) is 3.32. The normalized spacial score (nSPS) is 16.8. The number of thiophene rings is 1. The molecule has 2 aromatic heterocycles. The first-order valence-electron chi connectivity index (χ1n) is 12.4. The third kappa shape index (κ3) is 5.16. The van der Waals surface area contributed by atoms with Crippen LogP contribution in [0.25, 0.3) is 10.2 Å². The highest BCUT2D eigenvalue weighted by molar-refractivity contribution is 8.00. The number of nitrogens with zero attached hydrogens (tertiary/aromatic N) is 2. The predicted molar refractivity (Wildman–Crippen MR) is 161 cm³/mol. The Morgan fingerprint density at radius 2 is 1.66 bits per heavy atom. The van der Waals surface area contributed by atoms with Crippen molar-refractivity contribution in [3.05, 3.63) is 112 Å². The van der Waals surface area contributed by atoms with Crippen LogP contribution >= 0.6 is 34.9 Å². The molecule has 38 heavy (non-hydrogen) atoms. The molecule has 2 atom stereocenters. The number of rotatable bonds is 6. The van der Waals surface area contributed by atoms with Crippen molar-refractivity contribution in [2.45, 2.75) is 29.0 Å². The predicted octanol–water partition coefficient (Wildman–Crippen LogP) is 7.43. The molecule has 0 spiro atoms. The van der Waals surface area contributed by atoms with Crippen LogP contribution in [-0.4, -0.2) is 21.6 Å². The Bertz CT molecular complexity index is 1590. The van der Waals surface area contributed by atoms with Gasteiger partial charge in [0.1, 0.15) is 10.6 Å². The van der Waals surface area contributed by atoms with E-state index < -0.39 is 0 Å². The third-order valence-electron chi connectivity index (χ3n) is 6.56. The number of nitrogen functional groups attached to an aromatic ring is 1. The Labute approximate surface area is 234 Å². The lowest BCUT2D eigenvalue weighted by Crippen LogP contribution is -2.14. The van der Waals surface area contributed by atoms with Gasteiger partial charge in [-0.25, -0.2) is 9.97 Å². The number of carbonyl (C=O) groups excluding carboxylic acids is 1. The van der Waals surface area contributed by atoms with E-state index >= 15 is 0 Å². The van der Waals surface area contributed by atoms with Crippen LogP contribution in [0.1, 0.15) is 37.6 Å². The van der Waals surface area contributed by atoms with Gasteiger partial charge in [-0.2, -0.15) is 0 Å². The summed E-state index contributed by atoms with van der Waals surface area (Å²) in [7, 11) is 0. The van der Waals surface area contributed by atoms with Crippen LogP contribution in [0.3, 0.4) is 0 Å². The molecule has 1 amide bonds. The smallest absolute Gasteiger partial charge is 0.234 e. The van der Waals surface area contributed by atoms with Gasteiger partial charge in [-0.1, -0.05) is 90.1 Å². The van der Waals surface area contributed by atoms with Gasteiger partial charge in [0, 0.05) is 15.8 Å². The van der Waals surface area contributed by atoms with Gasteiger partial charge in [-0.15, -0.1) is 23.1 Å². The molecule has 0 saturated heterocycles. The molecule has 8 heteroatoms. The van der Waals surface area contributed by atoms with Crippen molar-refractivity contribution in [1.29, 1.82) is 0 Å². The summed E-state index contributed by atoms with van der Waals surface area (Å²) in [5.74, 6) is 0.597. The molecule has 1 aliphatic rings. The van der Waals surface area contributed by atoms with Crippen molar-refractivity contribution in [1.82, 2.24) is 9.97 Å². The summed E-state index contributed by atoms with van der Waals surface area (Å²) in [4.78, 5) is 24.2. The highest BCUT2D eigenvalue weighted by Gasteiger charge is 2.34. The van der Waals surface area contributed by atoms with Gasteiger partial charge in [0.15, 0.2) is 5.16 Å². The maximum Gasteiger partial charge on any atom is 0.234 e. The number of aryl methyl sites for hydroxylation is 1. The van der Waals surface area contributed by atoms with Crippen LogP contribution in [0.15, 0.2) is 90.1 Å². The quantitative estimate of drug-likeness (QED) is 0.168. The van der Waals surface area contributed by atoms with E-state index in [1.165, 1.54) is 33.3 Å². The zero-order valence-corrected chi connectivity index (χ0v) is 23.2. The number of nitrogens with two attached hydrogens (primary N) is 1. The molecule has 190 valence electrons. The Kier molecular flexibility index (Phi) is 7.10. The van der Waals surface area contributed by atoms with Crippen LogP contribution in [0.5, 0.6) is 0 Å². The number of amides is 1. The Morgan fingerprint density at radius 3 is 2.37 bits per heavy atom. The van der Waals surface area contributed by atoms with Gasteiger partial charge in [0.2, 0.25) is 5.91 Å². The molecule has 0 saturated carbocycles. The van der Waals surface area contributed by atoms with Crippen molar-refractivity contribution < 1.29 is 4.79 Å². The van der Waals surface area contributed by atoms with Crippen molar-refractivity contribution >= 4 is 62.5 Å². The van der Waals surface area contributed by atoms with E-state index in [-0.39, 0.29) is 16.9 Å². The second kappa shape index (κ2) is 10.8. The van der Waals surface area contributed by atoms with Gasteiger partial charge < -0.3 is 11.1 Å². The summed E-state index contributed by atoms with van der Waals surface area (Å²) < 4.78 is 0. The number of carbonyl (C=O) groups is 1. The average molecular weight is 555 g/mol. The molecule has 6 rings (SSSR count). The number of anilines is 2. The minimum absolute atomic E-state index is 0.0992. The van der Waals surface area contributed by atoms with Crippen LogP contribution in [0.4, 0.5) is 11.5 Å². The van der Waals surface area contributed by atoms with Crippen LogP contribution in [-0.2, 0) is 11.2 Å². The third-order valence-corrected chi connectivity index (χ3v) is 10.3. The lowest BCUT2D eigenvalue weighted by Gasteiger charge is -2.30. The topological polar surface area (TPSA) is 80.9 Å². The molecule has 0 radical (unpaired) electrons. The van der Waals surface area contributed by atoms with E-state index in [0.717, 1.165) is 27.9 Å². The minimum Gasteiger partial charge on any atom is -0.383 e. The fourth-order valence-electron chi connectivity index (χ4n) is 4.71. The molecule has 0 bridgehead atoms. The van der Waals surface area contributed by atoms with Crippen molar-refractivity contribution in [3.63, 3.8) is 0 Å². The second-order valence-corrected chi connectivity index (χ2v) is 12.5. The number of hydrogen-bond donors (Lipinski definition) is 2. The zero-order valence-electron chi connectivity index (χ0n) is 20.8. The summed E-state index contributed by atoms with van der Waals surface area (Å²) in [6.07, 6.45) is 0.881. The SMILES string of the molecule is Cc1ccc(NC(=O)CSc2nc(N)c3c4c(sc3n2)[C@@H](c2ccccc2)S[C@@H](c2ccccc2)C4)cc1. The van der Waals surface area contributed by atoms with Crippen molar-refractivity contribution in [2.75, 3.05) is 16.8 Å². The maximum absolute atomic E-state index is 12.5. The van der Waals surface area contributed by atoms with Gasteiger partial charge >= 0.3 is 0 Å². The first-order valence-corrected chi connectivity index (χ1v) is 15.1. The van der Waals surface area contributed by atoms with Gasteiger partial charge in [0.25, 0.3) is 0 Å². The largest absolute Gasteiger partial charge is 0.383 e. The molecule has 0 unspecified atom stereocenters. The van der Waals surface area contributed by atoms with E-state index in [1.807, 2.05) is 43.0 Å². The molecule has 0 aliphatic carbocycles. The number of aromatic nitrogens is 2. The first-order chi connectivity index (χ1) is 18.5. The summed E-state index contributed by atoms with van der Waals surface area (Å²) in [5, 5.41) is 4.92. The Balaban J connectivity index is 1.30. The van der Waals surface area contributed by atoms with Gasteiger partial charge in [-0.3, -0.25) is 4.79 Å². The van der Waals surface area contributed by atoms with E-state index in [0.29, 0.717) is 16.2 Å². The summed E-state index contributed by atoms with van der Waals surface area (Å²) in [6, 6.07) is 29.1. The Hall–Kier alpha value is -3.33. The summed E-state index contributed by atoms with van der Waals surface area (Å²) in [6.45, 7) is 2.02. The molecule has 5 aromatic rings. The van der Waals surface area contributed by atoms with Gasteiger partial charge in [0.05, 0.1) is 16.4 Å². The number of hydrogen-bond acceptors (Lipinski definition) is 7. The monoisotopic (exact) mass is 554 g/mol. The minimum atomic E-state index is -0.0992. The molecular formula is C30H26N4OS3. The molecule has 3 aromatic carbocycles.